The van der Waals surface area contributed by atoms with Crippen molar-refractivity contribution in [2.45, 2.75) is 33.2 Å². The molecule has 3 aromatic rings. The number of oxazole rings is 1. The lowest BCUT2D eigenvalue weighted by Gasteiger charge is -2.14. The normalized spacial score (nSPS) is 11.7. The molecule has 1 atom stereocenters. The van der Waals surface area contributed by atoms with Crippen LogP contribution in [0.2, 0.25) is 0 Å². The predicted molar refractivity (Wildman–Crippen MR) is 109 cm³/mol. The number of esters is 1. The van der Waals surface area contributed by atoms with Crippen LogP contribution < -0.4 is 5.32 Å². The molecule has 2 aromatic carbocycles. The highest BCUT2D eigenvalue weighted by atomic mass is 16.5. The Morgan fingerprint density at radius 1 is 1.10 bits per heavy atom. The Morgan fingerprint density at radius 2 is 1.79 bits per heavy atom. The quantitative estimate of drug-likeness (QED) is 0.608. The van der Waals surface area contributed by atoms with Crippen molar-refractivity contribution in [2.75, 3.05) is 6.61 Å². The second-order valence-corrected chi connectivity index (χ2v) is 6.75. The fourth-order valence-electron chi connectivity index (χ4n) is 2.90. The number of nitrogens with zero attached hydrogens (tertiary/aromatic N) is 1. The molecule has 1 N–H and O–H groups in total. The highest BCUT2D eigenvalue weighted by Gasteiger charge is 2.20. The maximum Gasteiger partial charge on any atom is 0.361 e. The highest BCUT2D eigenvalue weighted by molar-refractivity contribution is 5.91. The van der Waals surface area contributed by atoms with Crippen LogP contribution in [0, 0.1) is 6.92 Å². The number of carbonyl (C=O) groups excluding carboxylic acids is 2. The lowest BCUT2D eigenvalue weighted by atomic mass is 10.1. The monoisotopic (exact) mass is 392 g/mol. The molecule has 0 aliphatic heterocycles. The van der Waals surface area contributed by atoms with E-state index in [2.05, 4.69) is 17.2 Å². The Labute approximate surface area is 169 Å². The molecule has 0 fully saturated rings. The smallest absolute Gasteiger partial charge is 0.361 e. The minimum Gasteiger partial charge on any atom is -0.451 e. The van der Waals surface area contributed by atoms with Gasteiger partial charge in [-0.1, -0.05) is 49.4 Å². The van der Waals surface area contributed by atoms with E-state index in [-0.39, 0.29) is 24.2 Å². The third kappa shape index (κ3) is 5.10. The molecule has 0 aliphatic rings. The SMILES string of the molecule is CCc1ccc([C@H](C)NC(=O)COC(=O)c2nc(-c3ccccc3)oc2C)cc1. The zero-order chi connectivity index (χ0) is 20.8. The summed E-state index contributed by atoms with van der Waals surface area (Å²) in [5, 5.41) is 2.83. The Balaban J connectivity index is 1.56. The van der Waals surface area contributed by atoms with Gasteiger partial charge in [0.15, 0.2) is 12.3 Å². The number of aryl methyl sites for hydroxylation is 2. The lowest BCUT2D eigenvalue weighted by molar-refractivity contribution is -0.124. The minimum absolute atomic E-state index is 0.0693. The van der Waals surface area contributed by atoms with Gasteiger partial charge >= 0.3 is 5.97 Å². The molecule has 0 aliphatic carbocycles. The summed E-state index contributed by atoms with van der Waals surface area (Å²) in [4.78, 5) is 28.7. The van der Waals surface area contributed by atoms with E-state index in [1.54, 1.807) is 6.92 Å². The number of rotatable bonds is 7. The summed E-state index contributed by atoms with van der Waals surface area (Å²) in [5.41, 5.74) is 3.05. The summed E-state index contributed by atoms with van der Waals surface area (Å²) in [7, 11) is 0. The number of carbonyl (C=O) groups is 2. The van der Waals surface area contributed by atoms with Crippen LogP contribution in [0.15, 0.2) is 59.0 Å². The molecule has 0 bridgehead atoms. The van der Waals surface area contributed by atoms with E-state index in [9.17, 15) is 9.59 Å². The maximum absolute atomic E-state index is 12.3. The van der Waals surface area contributed by atoms with E-state index in [1.165, 1.54) is 5.56 Å². The van der Waals surface area contributed by atoms with Crippen molar-refractivity contribution >= 4 is 11.9 Å². The summed E-state index contributed by atoms with van der Waals surface area (Å²) in [6.07, 6.45) is 0.963. The number of ether oxygens (including phenoxy) is 1. The van der Waals surface area contributed by atoms with Gasteiger partial charge < -0.3 is 14.5 Å². The second-order valence-electron chi connectivity index (χ2n) is 6.75. The van der Waals surface area contributed by atoms with E-state index in [4.69, 9.17) is 9.15 Å². The molecule has 1 amide bonds. The number of hydrogen-bond donors (Lipinski definition) is 1. The molecule has 6 heteroatoms. The van der Waals surface area contributed by atoms with E-state index >= 15 is 0 Å². The van der Waals surface area contributed by atoms with Crippen molar-refractivity contribution in [3.05, 3.63) is 77.2 Å². The Kier molecular flexibility index (Phi) is 6.44. The molecule has 1 aromatic heterocycles. The van der Waals surface area contributed by atoms with Gasteiger partial charge in [0.1, 0.15) is 5.76 Å². The molecule has 0 unspecified atom stereocenters. The van der Waals surface area contributed by atoms with Crippen molar-refractivity contribution in [3.63, 3.8) is 0 Å². The van der Waals surface area contributed by atoms with Crippen molar-refractivity contribution < 1.29 is 18.7 Å². The van der Waals surface area contributed by atoms with Gasteiger partial charge in [-0.2, -0.15) is 0 Å². The first-order chi connectivity index (χ1) is 14.0. The third-order valence-corrected chi connectivity index (χ3v) is 4.61. The molecule has 0 spiro atoms. The fraction of sp³-hybridized carbons (Fsp3) is 0.261. The molecule has 0 saturated carbocycles. The number of amides is 1. The van der Waals surface area contributed by atoms with E-state index in [0.29, 0.717) is 11.7 Å². The fourth-order valence-corrected chi connectivity index (χ4v) is 2.90. The van der Waals surface area contributed by atoms with Gasteiger partial charge in [-0.15, -0.1) is 0 Å². The predicted octanol–water partition coefficient (Wildman–Crippen LogP) is 4.25. The standard InChI is InChI=1S/C23H24N2O4/c1-4-17-10-12-18(13-11-17)15(2)24-20(26)14-28-23(27)21-16(3)29-22(25-21)19-8-6-5-7-9-19/h5-13,15H,4,14H2,1-3H3,(H,24,26)/t15-/m0/s1. The number of benzene rings is 2. The van der Waals surface area contributed by atoms with E-state index in [0.717, 1.165) is 17.5 Å². The van der Waals surface area contributed by atoms with Gasteiger partial charge in [0.2, 0.25) is 5.89 Å². The molecule has 1 heterocycles. The molecule has 6 nitrogen and oxygen atoms in total. The van der Waals surface area contributed by atoms with Crippen molar-refractivity contribution in [2.24, 2.45) is 0 Å². The zero-order valence-electron chi connectivity index (χ0n) is 16.8. The Bertz CT molecular complexity index is 978. The lowest BCUT2D eigenvalue weighted by Crippen LogP contribution is -2.31. The van der Waals surface area contributed by atoms with Crippen LogP contribution in [0.1, 0.15) is 47.3 Å². The topological polar surface area (TPSA) is 81.4 Å². The maximum atomic E-state index is 12.3. The van der Waals surface area contributed by atoms with Crippen LogP contribution >= 0.6 is 0 Å². The van der Waals surface area contributed by atoms with Gasteiger partial charge in [0.25, 0.3) is 5.91 Å². The van der Waals surface area contributed by atoms with Crippen molar-refractivity contribution in [3.8, 4) is 11.5 Å². The van der Waals surface area contributed by atoms with E-state index in [1.807, 2.05) is 61.5 Å². The first-order valence-corrected chi connectivity index (χ1v) is 9.56. The van der Waals surface area contributed by atoms with Crippen LogP contribution in [0.4, 0.5) is 0 Å². The van der Waals surface area contributed by atoms with Crippen LogP contribution in [0.5, 0.6) is 0 Å². The first kappa shape index (κ1) is 20.3. The molecular weight excluding hydrogens is 368 g/mol. The van der Waals surface area contributed by atoms with Crippen LogP contribution in [0.25, 0.3) is 11.5 Å². The number of aromatic nitrogens is 1. The molecular formula is C23H24N2O4. The summed E-state index contributed by atoms with van der Waals surface area (Å²) in [6.45, 7) is 5.23. The average molecular weight is 392 g/mol. The van der Waals surface area contributed by atoms with E-state index < -0.39 is 5.97 Å². The van der Waals surface area contributed by atoms with Gasteiger partial charge in [0.05, 0.1) is 6.04 Å². The summed E-state index contributed by atoms with van der Waals surface area (Å²) in [6, 6.07) is 17.1. The largest absolute Gasteiger partial charge is 0.451 e. The van der Waals surface area contributed by atoms with Crippen LogP contribution in [-0.4, -0.2) is 23.5 Å². The second kappa shape index (κ2) is 9.19. The molecule has 150 valence electrons. The molecule has 29 heavy (non-hydrogen) atoms. The highest BCUT2D eigenvalue weighted by Crippen LogP contribution is 2.21. The summed E-state index contributed by atoms with van der Waals surface area (Å²) in [5.74, 6) is -0.388. The van der Waals surface area contributed by atoms with Gasteiger partial charge in [-0.25, -0.2) is 9.78 Å². The third-order valence-electron chi connectivity index (χ3n) is 4.61. The van der Waals surface area contributed by atoms with Crippen molar-refractivity contribution in [1.29, 1.82) is 0 Å². The molecule has 0 saturated heterocycles. The average Bonchev–Trinajstić information content (AvgIpc) is 3.14. The zero-order valence-corrected chi connectivity index (χ0v) is 16.8. The Morgan fingerprint density at radius 3 is 2.45 bits per heavy atom. The summed E-state index contributed by atoms with van der Waals surface area (Å²) < 4.78 is 10.7. The van der Waals surface area contributed by atoms with Gasteiger partial charge in [-0.05, 0) is 43.5 Å². The van der Waals surface area contributed by atoms with Crippen LogP contribution in [0.3, 0.4) is 0 Å². The first-order valence-electron chi connectivity index (χ1n) is 9.56. The summed E-state index contributed by atoms with van der Waals surface area (Å²) >= 11 is 0. The number of hydrogen-bond acceptors (Lipinski definition) is 5. The van der Waals surface area contributed by atoms with Gasteiger partial charge in [-0.3, -0.25) is 4.79 Å². The van der Waals surface area contributed by atoms with Crippen molar-refractivity contribution in [1.82, 2.24) is 10.3 Å². The Hall–Kier alpha value is -3.41. The van der Waals surface area contributed by atoms with Gasteiger partial charge in [0, 0.05) is 5.56 Å². The molecule has 3 rings (SSSR count). The van der Waals surface area contributed by atoms with Crippen LogP contribution in [-0.2, 0) is 16.0 Å². The minimum atomic E-state index is -0.691. The molecule has 0 radical (unpaired) electrons. The number of nitrogens with one attached hydrogen (secondary N) is 1.